The van der Waals surface area contributed by atoms with Gasteiger partial charge in [0.2, 0.25) is 17.6 Å². The summed E-state index contributed by atoms with van der Waals surface area (Å²) in [4.78, 5) is 23.0. The van der Waals surface area contributed by atoms with Gasteiger partial charge in [0.05, 0.1) is 18.1 Å². The van der Waals surface area contributed by atoms with Gasteiger partial charge in [0, 0.05) is 25.9 Å². The molecule has 1 aliphatic heterocycles. The van der Waals surface area contributed by atoms with Crippen molar-refractivity contribution in [2.75, 3.05) is 23.3 Å². The van der Waals surface area contributed by atoms with Crippen LogP contribution in [-0.4, -0.2) is 34.1 Å². The molecule has 1 fully saturated rings. The molecule has 0 saturated carbocycles. The Labute approximate surface area is 150 Å². The molecule has 3 aromatic rings. The Bertz CT molecular complexity index is 851. The number of nitrogens with zero attached hydrogens (tertiary/aromatic N) is 4. The molecule has 0 radical (unpaired) electrons. The van der Waals surface area contributed by atoms with Crippen LogP contribution in [0.15, 0.2) is 45.7 Å². The zero-order valence-corrected chi connectivity index (χ0v) is 14.2. The molecule has 1 amide bonds. The van der Waals surface area contributed by atoms with Crippen LogP contribution >= 0.6 is 0 Å². The molecule has 0 aliphatic carbocycles. The highest BCUT2D eigenvalue weighted by Gasteiger charge is 2.14. The number of pyridine rings is 1. The van der Waals surface area contributed by atoms with Gasteiger partial charge < -0.3 is 19.2 Å². The van der Waals surface area contributed by atoms with Gasteiger partial charge in [-0.3, -0.25) is 4.79 Å². The third-order valence-corrected chi connectivity index (χ3v) is 4.24. The summed E-state index contributed by atoms with van der Waals surface area (Å²) >= 11 is 0. The van der Waals surface area contributed by atoms with Crippen molar-refractivity contribution in [3.8, 4) is 11.6 Å². The van der Waals surface area contributed by atoms with E-state index in [9.17, 15) is 4.79 Å². The maximum Gasteiger partial charge on any atom is 0.238 e. The third-order valence-electron chi connectivity index (χ3n) is 4.24. The predicted molar refractivity (Wildman–Crippen MR) is 94.6 cm³/mol. The van der Waals surface area contributed by atoms with E-state index < -0.39 is 0 Å². The molecular weight excluding hydrogens is 334 g/mol. The van der Waals surface area contributed by atoms with Gasteiger partial charge in [-0.2, -0.15) is 4.98 Å². The lowest BCUT2D eigenvalue weighted by Crippen LogP contribution is -2.19. The standard InChI is InChI=1S/C18H19N5O3/c24-16(7-8-17-21-18(22-26-17)14-4-3-11-25-14)20-13-5-6-15(19-12-13)23-9-1-2-10-23/h3-6,11-12H,1-2,7-10H2,(H,20,24). The maximum absolute atomic E-state index is 12.1. The number of rotatable bonds is 6. The van der Waals surface area contributed by atoms with Gasteiger partial charge in [-0.25, -0.2) is 4.98 Å². The van der Waals surface area contributed by atoms with Crippen LogP contribution in [0.25, 0.3) is 11.6 Å². The summed E-state index contributed by atoms with van der Waals surface area (Å²) in [6.45, 7) is 2.09. The molecule has 4 rings (SSSR count). The fourth-order valence-corrected chi connectivity index (χ4v) is 2.90. The normalized spacial score (nSPS) is 13.9. The Morgan fingerprint density at radius 2 is 2.12 bits per heavy atom. The molecule has 26 heavy (non-hydrogen) atoms. The lowest BCUT2D eigenvalue weighted by atomic mass is 10.3. The van der Waals surface area contributed by atoms with Gasteiger partial charge in [0.15, 0.2) is 5.76 Å². The summed E-state index contributed by atoms with van der Waals surface area (Å²) in [5, 5.41) is 6.68. The number of aromatic nitrogens is 3. The number of hydrogen-bond donors (Lipinski definition) is 1. The number of nitrogens with one attached hydrogen (secondary N) is 1. The lowest BCUT2D eigenvalue weighted by molar-refractivity contribution is -0.116. The number of aryl methyl sites for hydroxylation is 1. The summed E-state index contributed by atoms with van der Waals surface area (Å²) < 4.78 is 10.4. The predicted octanol–water partition coefficient (Wildman–Crippen LogP) is 2.90. The first-order valence-electron chi connectivity index (χ1n) is 8.65. The molecule has 0 bridgehead atoms. The van der Waals surface area contributed by atoms with Crippen molar-refractivity contribution >= 4 is 17.4 Å². The number of furan rings is 1. The second-order valence-corrected chi connectivity index (χ2v) is 6.14. The summed E-state index contributed by atoms with van der Waals surface area (Å²) in [7, 11) is 0. The quantitative estimate of drug-likeness (QED) is 0.727. The number of carbonyl (C=O) groups excluding carboxylic acids is 1. The van der Waals surface area contributed by atoms with Gasteiger partial charge >= 0.3 is 0 Å². The van der Waals surface area contributed by atoms with E-state index in [4.69, 9.17) is 8.94 Å². The van der Waals surface area contributed by atoms with Crippen LogP contribution in [0.3, 0.4) is 0 Å². The first-order chi connectivity index (χ1) is 12.8. The van der Waals surface area contributed by atoms with Crippen molar-refractivity contribution in [2.24, 2.45) is 0 Å². The van der Waals surface area contributed by atoms with E-state index in [0.29, 0.717) is 29.6 Å². The van der Waals surface area contributed by atoms with E-state index in [1.54, 1.807) is 24.6 Å². The molecule has 4 heterocycles. The summed E-state index contributed by atoms with van der Waals surface area (Å²) in [5.74, 6) is 2.14. The maximum atomic E-state index is 12.1. The summed E-state index contributed by atoms with van der Waals surface area (Å²) in [6.07, 6.45) is 6.25. The molecule has 0 aromatic carbocycles. The lowest BCUT2D eigenvalue weighted by Gasteiger charge is -2.16. The minimum atomic E-state index is -0.126. The molecule has 8 nitrogen and oxygen atoms in total. The smallest absolute Gasteiger partial charge is 0.238 e. The fourth-order valence-electron chi connectivity index (χ4n) is 2.90. The summed E-state index contributed by atoms with van der Waals surface area (Å²) in [6, 6.07) is 7.32. The highest BCUT2D eigenvalue weighted by Crippen LogP contribution is 2.19. The SMILES string of the molecule is O=C(CCc1nc(-c2ccco2)no1)Nc1ccc(N2CCCC2)nc1. The molecule has 8 heteroatoms. The van der Waals surface area contributed by atoms with Crippen LogP contribution in [0.4, 0.5) is 11.5 Å². The number of amides is 1. The first kappa shape index (κ1) is 16.3. The van der Waals surface area contributed by atoms with Gasteiger partial charge in [-0.05, 0) is 37.1 Å². The Morgan fingerprint density at radius 3 is 2.85 bits per heavy atom. The highest BCUT2D eigenvalue weighted by molar-refractivity contribution is 5.90. The van der Waals surface area contributed by atoms with Crippen LogP contribution in [0, 0.1) is 0 Å². The van der Waals surface area contributed by atoms with E-state index >= 15 is 0 Å². The monoisotopic (exact) mass is 353 g/mol. The minimum absolute atomic E-state index is 0.126. The Hall–Kier alpha value is -3.16. The van der Waals surface area contributed by atoms with Crippen LogP contribution in [0.2, 0.25) is 0 Å². The third kappa shape index (κ3) is 3.74. The van der Waals surface area contributed by atoms with E-state index in [1.807, 2.05) is 12.1 Å². The number of carbonyl (C=O) groups is 1. The molecule has 1 aliphatic rings. The second-order valence-electron chi connectivity index (χ2n) is 6.14. The van der Waals surface area contributed by atoms with Gasteiger partial charge in [-0.1, -0.05) is 5.16 Å². The fraction of sp³-hybridized carbons (Fsp3) is 0.333. The Morgan fingerprint density at radius 1 is 1.23 bits per heavy atom. The zero-order chi connectivity index (χ0) is 17.8. The summed E-state index contributed by atoms with van der Waals surface area (Å²) in [5.41, 5.74) is 0.680. The Kier molecular flexibility index (Phi) is 4.63. The van der Waals surface area contributed by atoms with Crippen LogP contribution in [0.1, 0.15) is 25.2 Å². The average Bonchev–Trinajstić information content (AvgIpc) is 3.42. The van der Waals surface area contributed by atoms with E-state index in [1.165, 1.54) is 12.8 Å². The highest BCUT2D eigenvalue weighted by atomic mass is 16.5. The Balaban J connectivity index is 1.28. The minimum Gasteiger partial charge on any atom is -0.461 e. The van der Waals surface area contributed by atoms with Crippen molar-refractivity contribution in [3.63, 3.8) is 0 Å². The zero-order valence-electron chi connectivity index (χ0n) is 14.2. The largest absolute Gasteiger partial charge is 0.461 e. The van der Waals surface area contributed by atoms with Crippen molar-refractivity contribution < 1.29 is 13.7 Å². The van der Waals surface area contributed by atoms with Crippen LogP contribution in [-0.2, 0) is 11.2 Å². The van der Waals surface area contributed by atoms with Crippen molar-refractivity contribution in [2.45, 2.75) is 25.7 Å². The van der Waals surface area contributed by atoms with Gasteiger partial charge in [-0.15, -0.1) is 0 Å². The molecule has 1 N–H and O–H groups in total. The average molecular weight is 353 g/mol. The molecular formula is C18H19N5O3. The molecule has 134 valence electrons. The second kappa shape index (κ2) is 7.38. The van der Waals surface area contributed by atoms with Crippen LogP contribution in [0.5, 0.6) is 0 Å². The molecule has 0 unspecified atom stereocenters. The number of hydrogen-bond acceptors (Lipinski definition) is 7. The van der Waals surface area contributed by atoms with Gasteiger partial charge in [0.1, 0.15) is 5.82 Å². The van der Waals surface area contributed by atoms with Gasteiger partial charge in [0.25, 0.3) is 0 Å². The van der Waals surface area contributed by atoms with Crippen molar-refractivity contribution in [3.05, 3.63) is 42.6 Å². The first-order valence-corrected chi connectivity index (χ1v) is 8.65. The van der Waals surface area contributed by atoms with Crippen molar-refractivity contribution in [1.29, 1.82) is 0 Å². The topological polar surface area (TPSA) is 97.3 Å². The van der Waals surface area contributed by atoms with Crippen molar-refractivity contribution in [1.82, 2.24) is 15.1 Å². The van der Waals surface area contributed by atoms with E-state index in [-0.39, 0.29) is 12.3 Å². The molecule has 3 aromatic heterocycles. The van der Waals surface area contributed by atoms with E-state index in [2.05, 4.69) is 25.3 Å². The number of anilines is 2. The molecule has 0 atom stereocenters. The van der Waals surface area contributed by atoms with E-state index in [0.717, 1.165) is 18.9 Å². The molecule has 0 spiro atoms. The molecule has 1 saturated heterocycles. The van der Waals surface area contributed by atoms with Crippen LogP contribution < -0.4 is 10.2 Å².